The van der Waals surface area contributed by atoms with E-state index in [0.717, 1.165) is 6.04 Å². The Labute approximate surface area is 107 Å². The summed E-state index contributed by atoms with van der Waals surface area (Å²) in [4.78, 5) is 5.23. The fraction of sp³-hybridized carbons (Fsp3) is 1.00. The first-order chi connectivity index (χ1) is 7.88. The van der Waals surface area contributed by atoms with Crippen LogP contribution in [0.4, 0.5) is 0 Å². The Morgan fingerprint density at radius 2 is 1.65 bits per heavy atom. The van der Waals surface area contributed by atoms with Crippen molar-refractivity contribution in [2.45, 2.75) is 64.2 Å². The normalized spacial score (nSPS) is 40.4. The molecule has 0 bridgehead atoms. The van der Waals surface area contributed by atoms with Gasteiger partial charge in [0.05, 0.1) is 0 Å². The van der Waals surface area contributed by atoms with Crippen LogP contribution in [0.1, 0.15) is 40.5 Å². The second-order valence-corrected chi connectivity index (χ2v) is 6.80. The van der Waals surface area contributed by atoms with Gasteiger partial charge in [0.15, 0.2) is 0 Å². The summed E-state index contributed by atoms with van der Waals surface area (Å²) >= 11 is 0. The standard InChI is InChI=1S/C14H29N3/c1-11-8-13(9-12(2)15-11)17-7-6-16(5)14(3,4)10-17/h11-13,15H,6-10H2,1-5H3. The lowest BCUT2D eigenvalue weighted by Crippen LogP contribution is -2.62. The minimum atomic E-state index is 0.329. The molecule has 3 heteroatoms. The summed E-state index contributed by atoms with van der Waals surface area (Å²) in [6, 6.07) is 2.13. The minimum Gasteiger partial charge on any atom is -0.312 e. The summed E-state index contributed by atoms with van der Waals surface area (Å²) in [5.41, 5.74) is 0.329. The van der Waals surface area contributed by atoms with E-state index in [-0.39, 0.29) is 0 Å². The molecule has 17 heavy (non-hydrogen) atoms. The number of piperazine rings is 1. The average Bonchev–Trinajstić information content (AvgIpc) is 2.20. The SMILES string of the molecule is CC1CC(N2CCN(C)C(C)(C)C2)CC(C)N1. The van der Waals surface area contributed by atoms with Crippen molar-refractivity contribution < 1.29 is 0 Å². The molecule has 0 spiro atoms. The van der Waals surface area contributed by atoms with Crippen LogP contribution in [-0.4, -0.2) is 60.1 Å². The highest BCUT2D eigenvalue weighted by Gasteiger charge is 2.36. The fourth-order valence-corrected chi connectivity index (χ4v) is 3.42. The third-order valence-corrected chi connectivity index (χ3v) is 4.68. The maximum absolute atomic E-state index is 3.64. The van der Waals surface area contributed by atoms with E-state index in [4.69, 9.17) is 0 Å². The third-order valence-electron chi connectivity index (χ3n) is 4.68. The van der Waals surface area contributed by atoms with Crippen molar-refractivity contribution in [1.82, 2.24) is 15.1 Å². The molecule has 1 N–H and O–H groups in total. The lowest BCUT2D eigenvalue weighted by molar-refractivity contribution is 0.00224. The maximum atomic E-state index is 3.64. The number of nitrogens with one attached hydrogen (secondary N) is 1. The second-order valence-electron chi connectivity index (χ2n) is 6.80. The van der Waals surface area contributed by atoms with Crippen molar-refractivity contribution in [3.05, 3.63) is 0 Å². The first kappa shape index (κ1) is 13.3. The molecule has 0 amide bonds. The van der Waals surface area contributed by atoms with Crippen molar-refractivity contribution in [2.24, 2.45) is 0 Å². The number of hydrogen-bond acceptors (Lipinski definition) is 3. The Morgan fingerprint density at radius 1 is 1.06 bits per heavy atom. The molecule has 2 fully saturated rings. The van der Waals surface area contributed by atoms with E-state index in [2.05, 4.69) is 49.9 Å². The van der Waals surface area contributed by atoms with Gasteiger partial charge in [-0.2, -0.15) is 0 Å². The lowest BCUT2D eigenvalue weighted by atomic mass is 9.91. The second kappa shape index (κ2) is 4.87. The highest BCUT2D eigenvalue weighted by molar-refractivity contribution is 4.94. The van der Waals surface area contributed by atoms with Gasteiger partial charge in [0, 0.05) is 43.3 Å². The summed E-state index contributed by atoms with van der Waals surface area (Å²) < 4.78 is 0. The van der Waals surface area contributed by atoms with Crippen molar-refractivity contribution in [3.63, 3.8) is 0 Å². The van der Waals surface area contributed by atoms with Crippen molar-refractivity contribution >= 4 is 0 Å². The third kappa shape index (κ3) is 3.01. The van der Waals surface area contributed by atoms with Gasteiger partial charge < -0.3 is 5.32 Å². The molecule has 2 atom stereocenters. The first-order valence-electron chi connectivity index (χ1n) is 7.10. The van der Waals surface area contributed by atoms with Crippen LogP contribution >= 0.6 is 0 Å². The molecule has 2 rings (SSSR count). The van der Waals surface area contributed by atoms with Crippen LogP contribution in [0.25, 0.3) is 0 Å². The zero-order valence-corrected chi connectivity index (χ0v) is 12.2. The first-order valence-corrected chi connectivity index (χ1v) is 7.10. The zero-order chi connectivity index (χ0) is 12.6. The Balaban J connectivity index is 1.98. The minimum absolute atomic E-state index is 0.329. The molecule has 0 aromatic rings. The fourth-order valence-electron chi connectivity index (χ4n) is 3.42. The van der Waals surface area contributed by atoms with Gasteiger partial charge in [-0.3, -0.25) is 9.80 Å². The molecule has 2 heterocycles. The molecule has 2 aliphatic heterocycles. The van der Waals surface area contributed by atoms with E-state index < -0.39 is 0 Å². The Hall–Kier alpha value is -0.120. The summed E-state index contributed by atoms with van der Waals surface area (Å²) in [5, 5.41) is 3.64. The van der Waals surface area contributed by atoms with E-state index in [1.54, 1.807) is 0 Å². The highest BCUT2D eigenvalue weighted by atomic mass is 15.3. The molecule has 2 saturated heterocycles. The van der Waals surface area contributed by atoms with Crippen LogP contribution in [0, 0.1) is 0 Å². The molecule has 2 aliphatic rings. The number of likely N-dealkylation sites (N-methyl/N-ethyl adjacent to an activating group) is 1. The van der Waals surface area contributed by atoms with Gasteiger partial charge >= 0.3 is 0 Å². The Morgan fingerprint density at radius 3 is 2.18 bits per heavy atom. The molecular formula is C14H29N3. The van der Waals surface area contributed by atoms with E-state index in [0.29, 0.717) is 17.6 Å². The Kier molecular flexibility index (Phi) is 3.81. The molecule has 0 aromatic heterocycles. The number of nitrogens with zero attached hydrogens (tertiary/aromatic N) is 2. The summed E-state index contributed by atoms with van der Waals surface area (Å²) in [6.07, 6.45) is 2.62. The molecule has 0 aliphatic carbocycles. The van der Waals surface area contributed by atoms with E-state index >= 15 is 0 Å². The predicted molar refractivity (Wildman–Crippen MR) is 73.4 cm³/mol. The topological polar surface area (TPSA) is 18.5 Å². The monoisotopic (exact) mass is 239 g/mol. The largest absolute Gasteiger partial charge is 0.312 e. The summed E-state index contributed by atoms with van der Waals surface area (Å²) in [5.74, 6) is 0. The number of rotatable bonds is 1. The average molecular weight is 239 g/mol. The van der Waals surface area contributed by atoms with Crippen LogP contribution in [0.2, 0.25) is 0 Å². The number of hydrogen-bond donors (Lipinski definition) is 1. The molecular weight excluding hydrogens is 210 g/mol. The van der Waals surface area contributed by atoms with Crippen molar-refractivity contribution in [1.29, 1.82) is 0 Å². The molecule has 3 nitrogen and oxygen atoms in total. The van der Waals surface area contributed by atoms with Crippen LogP contribution in [-0.2, 0) is 0 Å². The van der Waals surface area contributed by atoms with E-state index in [9.17, 15) is 0 Å². The Bertz CT molecular complexity index is 254. The van der Waals surface area contributed by atoms with Gasteiger partial charge in [-0.15, -0.1) is 0 Å². The van der Waals surface area contributed by atoms with Gasteiger partial charge in [-0.1, -0.05) is 0 Å². The maximum Gasteiger partial charge on any atom is 0.0277 e. The molecule has 2 unspecified atom stereocenters. The summed E-state index contributed by atoms with van der Waals surface area (Å²) in [6.45, 7) is 13.0. The van der Waals surface area contributed by atoms with Gasteiger partial charge in [0.25, 0.3) is 0 Å². The van der Waals surface area contributed by atoms with Crippen LogP contribution < -0.4 is 5.32 Å². The lowest BCUT2D eigenvalue weighted by Gasteiger charge is -2.50. The van der Waals surface area contributed by atoms with Crippen LogP contribution in [0.15, 0.2) is 0 Å². The van der Waals surface area contributed by atoms with E-state index in [1.807, 2.05) is 0 Å². The van der Waals surface area contributed by atoms with Gasteiger partial charge in [0.1, 0.15) is 0 Å². The van der Waals surface area contributed by atoms with Gasteiger partial charge in [-0.25, -0.2) is 0 Å². The molecule has 0 saturated carbocycles. The molecule has 100 valence electrons. The number of piperidine rings is 1. The molecule has 0 radical (unpaired) electrons. The van der Waals surface area contributed by atoms with Gasteiger partial charge in [0.2, 0.25) is 0 Å². The van der Waals surface area contributed by atoms with Gasteiger partial charge in [-0.05, 0) is 47.6 Å². The zero-order valence-electron chi connectivity index (χ0n) is 12.2. The van der Waals surface area contributed by atoms with Crippen LogP contribution in [0.5, 0.6) is 0 Å². The highest BCUT2D eigenvalue weighted by Crippen LogP contribution is 2.25. The predicted octanol–water partition coefficient (Wildman–Crippen LogP) is 1.54. The smallest absolute Gasteiger partial charge is 0.0277 e. The quantitative estimate of drug-likeness (QED) is 0.749. The summed E-state index contributed by atoms with van der Waals surface area (Å²) in [7, 11) is 2.25. The van der Waals surface area contributed by atoms with Crippen molar-refractivity contribution in [2.75, 3.05) is 26.7 Å². The van der Waals surface area contributed by atoms with Crippen molar-refractivity contribution in [3.8, 4) is 0 Å². The van der Waals surface area contributed by atoms with E-state index in [1.165, 1.54) is 32.5 Å². The van der Waals surface area contributed by atoms with Crippen LogP contribution in [0.3, 0.4) is 0 Å². The molecule has 0 aromatic carbocycles.